The number of rotatable bonds is 4. The number of aromatic nitrogens is 3. The Labute approximate surface area is 192 Å². The molecule has 2 fully saturated rings. The third-order valence-corrected chi connectivity index (χ3v) is 6.60. The van der Waals surface area contributed by atoms with Crippen molar-refractivity contribution in [1.29, 1.82) is 0 Å². The first-order chi connectivity index (χ1) is 16.1. The minimum absolute atomic E-state index is 0.205. The molecule has 0 radical (unpaired) electrons. The van der Waals surface area contributed by atoms with Crippen molar-refractivity contribution in [2.24, 2.45) is 7.05 Å². The van der Waals surface area contributed by atoms with Crippen LogP contribution in [0.4, 0.5) is 16.0 Å². The number of pyridine rings is 1. The number of ether oxygens (including phenoxy) is 1. The molecular weight excluding hydrogens is 421 g/mol. The van der Waals surface area contributed by atoms with Gasteiger partial charge in [0.15, 0.2) is 5.82 Å². The Morgan fingerprint density at radius 3 is 2.61 bits per heavy atom. The number of benzene rings is 1. The number of piperidine rings is 1. The molecular formula is C25H28FN5O2. The Morgan fingerprint density at radius 2 is 1.85 bits per heavy atom. The molecule has 7 nitrogen and oxygen atoms in total. The Balaban J connectivity index is 1.39. The quantitative estimate of drug-likeness (QED) is 0.610. The van der Waals surface area contributed by atoms with Crippen molar-refractivity contribution in [3.8, 4) is 11.3 Å². The summed E-state index contributed by atoms with van der Waals surface area (Å²) < 4.78 is 21.3. The van der Waals surface area contributed by atoms with E-state index >= 15 is 0 Å². The second kappa shape index (κ2) is 9.31. The predicted molar refractivity (Wildman–Crippen MR) is 126 cm³/mol. The molecule has 0 amide bonds. The minimum Gasteiger partial charge on any atom is -0.378 e. The summed E-state index contributed by atoms with van der Waals surface area (Å²) in [6.45, 7) is 4.96. The van der Waals surface area contributed by atoms with E-state index in [-0.39, 0.29) is 11.1 Å². The summed E-state index contributed by atoms with van der Waals surface area (Å²) in [7, 11) is 1.72. The zero-order chi connectivity index (χ0) is 22.8. The molecule has 2 aliphatic rings. The van der Waals surface area contributed by atoms with Gasteiger partial charge in [0.05, 0.1) is 25.1 Å². The zero-order valence-corrected chi connectivity index (χ0v) is 18.8. The third-order valence-electron chi connectivity index (χ3n) is 6.60. The summed E-state index contributed by atoms with van der Waals surface area (Å²) in [6.07, 6.45) is 4.74. The molecule has 0 N–H and O–H groups in total. The van der Waals surface area contributed by atoms with Crippen LogP contribution in [-0.2, 0) is 11.8 Å². The lowest BCUT2D eigenvalue weighted by Gasteiger charge is -2.35. The van der Waals surface area contributed by atoms with Gasteiger partial charge in [-0.3, -0.25) is 14.3 Å². The van der Waals surface area contributed by atoms with Crippen molar-refractivity contribution < 1.29 is 9.13 Å². The molecule has 2 saturated heterocycles. The molecule has 0 bridgehead atoms. The van der Waals surface area contributed by atoms with E-state index in [2.05, 4.69) is 39.0 Å². The predicted octanol–water partition coefficient (Wildman–Crippen LogP) is 3.20. The summed E-state index contributed by atoms with van der Waals surface area (Å²) in [5.74, 6) is 0.431. The van der Waals surface area contributed by atoms with E-state index in [1.54, 1.807) is 17.7 Å². The van der Waals surface area contributed by atoms with Crippen LogP contribution in [0.25, 0.3) is 11.3 Å². The van der Waals surface area contributed by atoms with Crippen molar-refractivity contribution >= 4 is 11.6 Å². The molecule has 3 aromatic rings. The minimum atomic E-state index is -0.485. The fourth-order valence-corrected chi connectivity index (χ4v) is 4.74. The molecule has 5 rings (SSSR count). The van der Waals surface area contributed by atoms with E-state index in [4.69, 9.17) is 9.72 Å². The number of anilines is 2. The highest BCUT2D eigenvalue weighted by molar-refractivity contribution is 5.60. The van der Waals surface area contributed by atoms with Crippen LogP contribution in [-0.4, -0.2) is 53.9 Å². The first-order valence-corrected chi connectivity index (χ1v) is 11.5. The van der Waals surface area contributed by atoms with Gasteiger partial charge in [-0.05, 0) is 36.6 Å². The first kappa shape index (κ1) is 21.6. The molecule has 1 unspecified atom stereocenters. The summed E-state index contributed by atoms with van der Waals surface area (Å²) in [5.41, 5.74) is 2.94. The second-order valence-electron chi connectivity index (χ2n) is 8.67. The Kier molecular flexibility index (Phi) is 6.09. The molecule has 1 atom stereocenters. The molecule has 0 spiro atoms. The Bertz CT molecular complexity index is 1170. The molecule has 2 aromatic heterocycles. The Morgan fingerprint density at radius 1 is 1.06 bits per heavy atom. The summed E-state index contributed by atoms with van der Waals surface area (Å²) in [6, 6.07) is 11.8. The summed E-state index contributed by atoms with van der Waals surface area (Å²) in [5, 5.41) is 0. The van der Waals surface area contributed by atoms with Crippen LogP contribution in [0.3, 0.4) is 0 Å². The largest absolute Gasteiger partial charge is 0.378 e. The highest BCUT2D eigenvalue weighted by Gasteiger charge is 2.25. The van der Waals surface area contributed by atoms with E-state index in [1.165, 1.54) is 23.5 Å². The van der Waals surface area contributed by atoms with Crippen molar-refractivity contribution in [3.63, 3.8) is 0 Å². The average Bonchev–Trinajstić information content (AvgIpc) is 2.87. The van der Waals surface area contributed by atoms with Crippen molar-refractivity contribution in [2.75, 3.05) is 49.2 Å². The van der Waals surface area contributed by atoms with Gasteiger partial charge in [0.1, 0.15) is 0 Å². The number of hydrogen-bond acceptors (Lipinski definition) is 6. The molecule has 0 saturated carbocycles. The van der Waals surface area contributed by atoms with Crippen LogP contribution in [0.1, 0.15) is 24.3 Å². The van der Waals surface area contributed by atoms with Gasteiger partial charge in [0, 0.05) is 62.7 Å². The lowest BCUT2D eigenvalue weighted by molar-refractivity contribution is 0.122. The molecule has 4 heterocycles. The third kappa shape index (κ3) is 4.48. The number of halogens is 1. The van der Waals surface area contributed by atoms with Crippen LogP contribution in [0, 0.1) is 5.82 Å². The highest BCUT2D eigenvalue weighted by atomic mass is 19.1. The van der Waals surface area contributed by atoms with Gasteiger partial charge in [-0.1, -0.05) is 12.1 Å². The van der Waals surface area contributed by atoms with Gasteiger partial charge in [0.2, 0.25) is 5.95 Å². The van der Waals surface area contributed by atoms with Crippen LogP contribution in [0.15, 0.2) is 53.6 Å². The van der Waals surface area contributed by atoms with Gasteiger partial charge < -0.3 is 14.5 Å². The smallest absolute Gasteiger partial charge is 0.255 e. The van der Waals surface area contributed by atoms with Crippen molar-refractivity contribution in [1.82, 2.24) is 14.5 Å². The van der Waals surface area contributed by atoms with Gasteiger partial charge >= 0.3 is 0 Å². The maximum atomic E-state index is 14.3. The van der Waals surface area contributed by atoms with Crippen LogP contribution >= 0.6 is 0 Å². The lowest BCUT2D eigenvalue weighted by atomic mass is 9.90. The second-order valence-corrected chi connectivity index (χ2v) is 8.67. The molecule has 2 aliphatic heterocycles. The van der Waals surface area contributed by atoms with Crippen LogP contribution in [0.2, 0.25) is 0 Å². The van der Waals surface area contributed by atoms with Crippen molar-refractivity contribution in [2.45, 2.75) is 18.8 Å². The normalized spacial score (nSPS) is 19.0. The lowest BCUT2D eigenvalue weighted by Crippen LogP contribution is -2.38. The van der Waals surface area contributed by atoms with Gasteiger partial charge in [-0.15, -0.1) is 0 Å². The average molecular weight is 450 g/mol. The first-order valence-electron chi connectivity index (χ1n) is 11.5. The maximum absolute atomic E-state index is 14.3. The molecule has 0 aliphatic carbocycles. The number of hydrogen-bond donors (Lipinski definition) is 0. The highest BCUT2D eigenvalue weighted by Crippen LogP contribution is 2.31. The van der Waals surface area contributed by atoms with E-state index in [1.807, 2.05) is 0 Å². The molecule has 172 valence electrons. The maximum Gasteiger partial charge on any atom is 0.255 e. The molecule has 33 heavy (non-hydrogen) atoms. The van der Waals surface area contributed by atoms with E-state index < -0.39 is 5.82 Å². The van der Waals surface area contributed by atoms with Gasteiger partial charge in [0.25, 0.3) is 5.56 Å². The summed E-state index contributed by atoms with van der Waals surface area (Å²) >= 11 is 0. The van der Waals surface area contributed by atoms with Gasteiger partial charge in [-0.25, -0.2) is 9.37 Å². The monoisotopic (exact) mass is 449 g/mol. The number of morpholine rings is 1. The number of nitrogens with zero attached hydrogens (tertiary/aromatic N) is 5. The van der Waals surface area contributed by atoms with Crippen LogP contribution in [0.5, 0.6) is 0 Å². The topological polar surface area (TPSA) is 63.5 Å². The van der Waals surface area contributed by atoms with E-state index in [0.29, 0.717) is 17.6 Å². The van der Waals surface area contributed by atoms with E-state index in [0.717, 1.165) is 58.4 Å². The van der Waals surface area contributed by atoms with Crippen LogP contribution < -0.4 is 15.4 Å². The molecule has 8 heteroatoms. The molecule has 1 aromatic carbocycles. The zero-order valence-electron chi connectivity index (χ0n) is 18.8. The fourth-order valence-electron chi connectivity index (χ4n) is 4.74. The SMILES string of the molecule is Cn1c(N2CCCC(c3ccc(N4CCOCC4)cc3)C2)nc(-c2ccncc2F)cc1=O. The van der Waals surface area contributed by atoms with E-state index in [9.17, 15) is 9.18 Å². The Hall–Kier alpha value is -3.26. The van der Waals surface area contributed by atoms with Crippen molar-refractivity contribution in [3.05, 3.63) is 70.5 Å². The summed E-state index contributed by atoms with van der Waals surface area (Å²) in [4.78, 5) is 25.7. The van der Waals surface area contributed by atoms with Gasteiger partial charge in [-0.2, -0.15) is 0 Å². The standard InChI is InChI=1S/C25H28FN5O2/c1-29-24(32)15-23(21-8-9-27-16-22(21)26)28-25(29)31-10-2-3-19(17-31)18-4-6-20(7-5-18)30-11-13-33-14-12-30/h4-9,15-16,19H,2-3,10-14,17H2,1H3. The fraction of sp³-hybridized carbons (Fsp3) is 0.400.